The summed E-state index contributed by atoms with van der Waals surface area (Å²) in [7, 11) is 0. The number of aromatic nitrogens is 5. The van der Waals surface area contributed by atoms with Crippen LogP contribution in [0, 0.1) is 6.92 Å². The average Bonchev–Trinajstić information content (AvgIpc) is 3.09. The number of fused-ring (bicyclic) bond motifs is 2. The number of carbonyl (C=O) groups excluding carboxylic acids is 1. The molecule has 0 bridgehead atoms. The van der Waals surface area contributed by atoms with Gasteiger partial charge in [0.2, 0.25) is 0 Å². The highest BCUT2D eigenvalue weighted by Gasteiger charge is 2.23. The SMILES string of the molecule is Cc1cn2c(n1)CC[C@H](NC(=O)c1cnn3cccnc13)C2. The summed E-state index contributed by atoms with van der Waals surface area (Å²) in [4.78, 5) is 21.2. The van der Waals surface area contributed by atoms with E-state index in [1.807, 2.05) is 13.1 Å². The molecule has 1 atom stereocenters. The molecule has 4 rings (SSSR count). The predicted octanol–water partition coefficient (Wildman–Crippen LogP) is 0.979. The average molecular weight is 296 g/mol. The van der Waals surface area contributed by atoms with Crippen LogP contribution in [0.3, 0.4) is 0 Å². The highest BCUT2D eigenvalue weighted by molar-refractivity contribution is 5.99. The molecule has 0 radical (unpaired) electrons. The molecule has 0 spiro atoms. The van der Waals surface area contributed by atoms with Gasteiger partial charge < -0.3 is 9.88 Å². The molecule has 4 heterocycles. The van der Waals surface area contributed by atoms with Crippen LogP contribution >= 0.6 is 0 Å². The summed E-state index contributed by atoms with van der Waals surface area (Å²) in [5, 5.41) is 7.23. The zero-order valence-corrected chi connectivity index (χ0v) is 12.2. The Balaban J connectivity index is 1.53. The Morgan fingerprint density at radius 3 is 3.27 bits per heavy atom. The maximum absolute atomic E-state index is 12.5. The molecule has 22 heavy (non-hydrogen) atoms. The highest BCUT2D eigenvalue weighted by Crippen LogP contribution is 2.16. The number of imidazole rings is 1. The fraction of sp³-hybridized carbons (Fsp3) is 0.333. The van der Waals surface area contributed by atoms with Crippen LogP contribution in [-0.4, -0.2) is 36.1 Å². The van der Waals surface area contributed by atoms with E-state index in [-0.39, 0.29) is 11.9 Å². The van der Waals surface area contributed by atoms with Gasteiger partial charge in [0.05, 0.1) is 11.9 Å². The first-order valence-corrected chi connectivity index (χ1v) is 7.32. The first kappa shape index (κ1) is 13.0. The minimum Gasteiger partial charge on any atom is -0.347 e. The van der Waals surface area contributed by atoms with Crippen molar-refractivity contribution >= 4 is 11.6 Å². The van der Waals surface area contributed by atoms with E-state index in [1.165, 1.54) is 0 Å². The topological polar surface area (TPSA) is 77.1 Å². The summed E-state index contributed by atoms with van der Waals surface area (Å²) in [6, 6.07) is 1.89. The molecule has 1 aliphatic heterocycles. The van der Waals surface area contributed by atoms with E-state index in [9.17, 15) is 4.79 Å². The summed E-state index contributed by atoms with van der Waals surface area (Å²) in [6.07, 6.45) is 8.81. The molecule has 7 nitrogen and oxygen atoms in total. The fourth-order valence-corrected chi connectivity index (χ4v) is 2.95. The van der Waals surface area contributed by atoms with Gasteiger partial charge in [-0.05, 0) is 19.4 Å². The third-order valence-electron chi connectivity index (χ3n) is 3.97. The number of amides is 1. The molecule has 112 valence electrons. The zero-order chi connectivity index (χ0) is 15.1. The number of nitrogens with one attached hydrogen (secondary N) is 1. The molecule has 0 aromatic carbocycles. The quantitative estimate of drug-likeness (QED) is 0.764. The van der Waals surface area contributed by atoms with Gasteiger partial charge in [-0.2, -0.15) is 5.10 Å². The molecule has 1 amide bonds. The van der Waals surface area contributed by atoms with Gasteiger partial charge in [-0.15, -0.1) is 0 Å². The summed E-state index contributed by atoms with van der Waals surface area (Å²) in [5.74, 6) is 0.972. The van der Waals surface area contributed by atoms with E-state index in [2.05, 4.69) is 25.0 Å². The third-order valence-corrected chi connectivity index (χ3v) is 3.97. The van der Waals surface area contributed by atoms with Crippen LogP contribution in [0.25, 0.3) is 5.65 Å². The van der Waals surface area contributed by atoms with Gasteiger partial charge in [0.25, 0.3) is 5.91 Å². The van der Waals surface area contributed by atoms with Gasteiger partial charge in [-0.3, -0.25) is 4.79 Å². The normalized spacial score (nSPS) is 17.4. The van der Waals surface area contributed by atoms with E-state index in [0.29, 0.717) is 11.2 Å². The lowest BCUT2D eigenvalue weighted by molar-refractivity contribution is 0.0929. The van der Waals surface area contributed by atoms with E-state index in [1.54, 1.807) is 29.2 Å². The van der Waals surface area contributed by atoms with Crippen LogP contribution in [0.2, 0.25) is 0 Å². The maximum atomic E-state index is 12.5. The summed E-state index contributed by atoms with van der Waals surface area (Å²) in [6.45, 7) is 2.75. The monoisotopic (exact) mass is 296 g/mol. The third kappa shape index (κ3) is 2.14. The van der Waals surface area contributed by atoms with Crippen molar-refractivity contribution in [3.63, 3.8) is 0 Å². The Hall–Kier alpha value is -2.70. The number of carbonyl (C=O) groups is 1. The molecular weight excluding hydrogens is 280 g/mol. The van der Waals surface area contributed by atoms with Crippen LogP contribution in [0.5, 0.6) is 0 Å². The first-order chi connectivity index (χ1) is 10.7. The van der Waals surface area contributed by atoms with Crippen molar-refractivity contribution in [1.29, 1.82) is 0 Å². The summed E-state index contributed by atoms with van der Waals surface area (Å²) < 4.78 is 3.73. The van der Waals surface area contributed by atoms with Crippen molar-refractivity contribution in [1.82, 2.24) is 29.5 Å². The standard InChI is InChI=1S/C15H16N6O/c1-10-8-20-9-11(3-4-13(20)18-10)19-15(22)12-7-17-21-6-2-5-16-14(12)21/h2,5-8,11H,3-4,9H2,1H3,(H,19,22)/t11-/m0/s1. The van der Waals surface area contributed by atoms with E-state index < -0.39 is 0 Å². The van der Waals surface area contributed by atoms with Crippen molar-refractivity contribution in [2.75, 3.05) is 0 Å². The van der Waals surface area contributed by atoms with Gasteiger partial charge in [-0.25, -0.2) is 14.5 Å². The molecule has 1 N–H and O–H groups in total. The second-order valence-electron chi connectivity index (χ2n) is 5.61. The predicted molar refractivity (Wildman–Crippen MR) is 79.5 cm³/mol. The van der Waals surface area contributed by atoms with Gasteiger partial charge in [-0.1, -0.05) is 0 Å². The lowest BCUT2D eigenvalue weighted by Gasteiger charge is -2.24. The van der Waals surface area contributed by atoms with Crippen LogP contribution in [-0.2, 0) is 13.0 Å². The molecule has 3 aromatic rings. The fourth-order valence-electron chi connectivity index (χ4n) is 2.95. The van der Waals surface area contributed by atoms with Crippen LogP contribution < -0.4 is 5.32 Å². The Morgan fingerprint density at radius 1 is 1.45 bits per heavy atom. The Bertz CT molecular complexity index is 849. The first-order valence-electron chi connectivity index (χ1n) is 7.32. The highest BCUT2D eigenvalue weighted by atomic mass is 16.1. The molecule has 0 unspecified atom stereocenters. The molecular formula is C15H16N6O. The Kier molecular flexibility index (Phi) is 2.92. The van der Waals surface area contributed by atoms with Crippen molar-refractivity contribution in [3.05, 3.63) is 47.9 Å². The number of hydrogen-bond acceptors (Lipinski definition) is 4. The molecule has 0 aliphatic carbocycles. The van der Waals surface area contributed by atoms with Crippen molar-refractivity contribution in [2.24, 2.45) is 0 Å². The summed E-state index contributed by atoms with van der Waals surface area (Å²) >= 11 is 0. The molecule has 0 saturated carbocycles. The minimum atomic E-state index is -0.126. The van der Waals surface area contributed by atoms with Crippen molar-refractivity contribution < 1.29 is 4.79 Å². The molecule has 3 aromatic heterocycles. The van der Waals surface area contributed by atoms with Crippen molar-refractivity contribution in [2.45, 2.75) is 32.4 Å². The number of rotatable bonds is 2. The van der Waals surface area contributed by atoms with Gasteiger partial charge >= 0.3 is 0 Å². The lowest BCUT2D eigenvalue weighted by Crippen LogP contribution is -2.40. The molecule has 0 fully saturated rings. The van der Waals surface area contributed by atoms with Crippen molar-refractivity contribution in [3.8, 4) is 0 Å². The second-order valence-corrected chi connectivity index (χ2v) is 5.61. The van der Waals surface area contributed by atoms with Crippen LogP contribution in [0.1, 0.15) is 28.3 Å². The number of nitrogens with zero attached hydrogens (tertiary/aromatic N) is 5. The maximum Gasteiger partial charge on any atom is 0.257 e. The Morgan fingerprint density at radius 2 is 2.36 bits per heavy atom. The van der Waals surface area contributed by atoms with Crippen LogP contribution in [0.4, 0.5) is 0 Å². The molecule has 1 aliphatic rings. The van der Waals surface area contributed by atoms with E-state index in [0.717, 1.165) is 30.9 Å². The van der Waals surface area contributed by atoms with E-state index in [4.69, 9.17) is 0 Å². The van der Waals surface area contributed by atoms with E-state index >= 15 is 0 Å². The number of aryl methyl sites for hydroxylation is 2. The van der Waals surface area contributed by atoms with Gasteiger partial charge in [0, 0.05) is 37.6 Å². The second kappa shape index (κ2) is 4.94. The van der Waals surface area contributed by atoms with Gasteiger partial charge in [0.15, 0.2) is 5.65 Å². The summed E-state index contributed by atoms with van der Waals surface area (Å²) in [5.41, 5.74) is 2.11. The lowest BCUT2D eigenvalue weighted by atomic mass is 10.1. The largest absolute Gasteiger partial charge is 0.347 e. The van der Waals surface area contributed by atoms with Gasteiger partial charge in [0.1, 0.15) is 11.4 Å². The minimum absolute atomic E-state index is 0.104. The smallest absolute Gasteiger partial charge is 0.257 e. The Labute approximate surface area is 127 Å². The zero-order valence-electron chi connectivity index (χ0n) is 12.2. The molecule has 0 saturated heterocycles. The molecule has 7 heteroatoms. The number of hydrogen-bond donors (Lipinski definition) is 1. The van der Waals surface area contributed by atoms with Crippen LogP contribution in [0.15, 0.2) is 30.9 Å².